The summed E-state index contributed by atoms with van der Waals surface area (Å²) in [6.45, 7) is 8.66. The van der Waals surface area contributed by atoms with Crippen LogP contribution in [0.5, 0.6) is 0 Å². The Morgan fingerprint density at radius 1 is 1.11 bits per heavy atom. The third-order valence-electron chi connectivity index (χ3n) is 2.59. The lowest BCUT2D eigenvalue weighted by Gasteiger charge is -2.22. The molecule has 0 heterocycles. The Kier molecular flexibility index (Phi) is 12.3. The first-order valence-electron chi connectivity index (χ1n) is 6.84. The summed E-state index contributed by atoms with van der Waals surface area (Å²) in [4.78, 5) is 13.8. The van der Waals surface area contributed by atoms with E-state index in [0.717, 1.165) is 13.0 Å². The van der Waals surface area contributed by atoms with Crippen molar-refractivity contribution in [1.29, 1.82) is 0 Å². The fourth-order valence-corrected chi connectivity index (χ4v) is 1.57. The Balaban J connectivity index is 3.95. The van der Waals surface area contributed by atoms with Gasteiger partial charge in [-0.25, -0.2) is 0 Å². The number of ether oxygens (including phenoxy) is 2. The maximum atomic E-state index is 12.0. The second-order valence-corrected chi connectivity index (χ2v) is 3.98. The zero-order chi connectivity index (χ0) is 13.6. The molecule has 0 aromatic carbocycles. The van der Waals surface area contributed by atoms with E-state index in [-0.39, 0.29) is 5.91 Å². The average molecular weight is 260 g/mol. The molecule has 0 aromatic heterocycles. The van der Waals surface area contributed by atoms with Crippen molar-refractivity contribution in [3.63, 3.8) is 0 Å². The first-order valence-corrected chi connectivity index (χ1v) is 6.84. The van der Waals surface area contributed by atoms with Gasteiger partial charge in [0.15, 0.2) is 0 Å². The fourth-order valence-electron chi connectivity index (χ4n) is 1.57. The van der Waals surface area contributed by atoms with E-state index in [1.54, 1.807) is 0 Å². The Morgan fingerprint density at radius 3 is 2.11 bits per heavy atom. The van der Waals surface area contributed by atoms with E-state index < -0.39 is 0 Å². The van der Waals surface area contributed by atoms with Gasteiger partial charge in [0.1, 0.15) is 0 Å². The first-order chi connectivity index (χ1) is 8.76. The summed E-state index contributed by atoms with van der Waals surface area (Å²) >= 11 is 0. The van der Waals surface area contributed by atoms with Gasteiger partial charge in [-0.1, -0.05) is 0 Å². The molecule has 0 aliphatic carbocycles. The monoisotopic (exact) mass is 260 g/mol. The molecule has 0 aromatic rings. The summed E-state index contributed by atoms with van der Waals surface area (Å²) in [7, 11) is 1.90. The predicted molar refractivity (Wildman–Crippen MR) is 72.7 cm³/mol. The Hall–Kier alpha value is -0.650. The van der Waals surface area contributed by atoms with Crippen LogP contribution in [0.1, 0.15) is 26.7 Å². The highest BCUT2D eigenvalue weighted by atomic mass is 16.5. The van der Waals surface area contributed by atoms with Crippen LogP contribution < -0.4 is 5.32 Å². The van der Waals surface area contributed by atoms with Crippen LogP contribution in [0.3, 0.4) is 0 Å². The fraction of sp³-hybridized carbons (Fsp3) is 0.923. The summed E-state index contributed by atoms with van der Waals surface area (Å²) in [5.74, 6) is 0.185. The molecule has 0 atom stereocenters. The molecule has 0 spiro atoms. The molecular weight excluding hydrogens is 232 g/mol. The quantitative estimate of drug-likeness (QED) is 0.529. The van der Waals surface area contributed by atoms with Crippen molar-refractivity contribution < 1.29 is 14.3 Å². The lowest BCUT2D eigenvalue weighted by Crippen LogP contribution is -2.37. The second-order valence-electron chi connectivity index (χ2n) is 3.98. The molecule has 5 heteroatoms. The van der Waals surface area contributed by atoms with E-state index in [4.69, 9.17) is 9.47 Å². The minimum absolute atomic E-state index is 0.185. The van der Waals surface area contributed by atoms with Crippen LogP contribution in [0.25, 0.3) is 0 Å². The lowest BCUT2D eigenvalue weighted by atomic mass is 10.2. The molecule has 5 nitrogen and oxygen atoms in total. The van der Waals surface area contributed by atoms with Crippen molar-refractivity contribution in [3.05, 3.63) is 0 Å². The van der Waals surface area contributed by atoms with Crippen LogP contribution in [-0.2, 0) is 14.3 Å². The van der Waals surface area contributed by atoms with E-state index >= 15 is 0 Å². The number of amides is 1. The number of carbonyl (C=O) groups is 1. The largest absolute Gasteiger partial charge is 0.380 e. The summed E-state index contributed by atoms with van der Waals surface area (Å²) in [5, 5.41) is 3.05. The van der Waals surface area contributed by atoms with Gasteiger partial charge >= 0.3 is 0 Å². The third kappa shape index (κ3) is 9.39. The summed E-state index contributed by atoms with van der Waals surface area (Å²) in [5.41, 5.74) is 0. The van der Waals surface area contributed by atoms with E-state index in [1.807, 2.05) is 25.8 Å². The van der Waals surface area contributed by atoms with Crippen LogP contribution in [0.4, 0.5) is 0 Å². The molecule has 0 saturated heterocycles. The first kappa shape index (κ1) is 17.4. The molecule has 0 radical (unpaired) electrons. The van der Waals surface area contributed by atoms with E-state index in [2.05, 4.69) is 5.32 Å². The van der Waals surface area contributed by atoms with Crippen molar-refractivity contribution in [1.82, 2.24) is 10.2 Å². The number of carbonyl (C=O) groups excluding carboxylic acids is 1. The summed E-state index contributed by atoms with van der Waals surface area (Å²) in [6.07, 6.45) is 1.45. The SMILES string of the molecule is CCOCCN(CCOCC)C(=O)CCCNC. The van der Waals surface area contributed by atoms with Gasteiger partial charge in [0.25, 0.3) is 0 Å². The lowest BCUT2D eigenvalue weighted by molar-refractivity contribution is -0.132. The van der Waals surface area contributed by atoms with Gasteiger partial charge in [0.2, 0.25) is 5.91 Å². The molecule has 1 N–H and O–H groups in total. The zero-order valence-corrected chi connectivity index (χ0v) is 12.0. The molecule has 0 fully saturated rings. The minimum Gasteiger partial charge on any atom is -0.380 e. The van der Waals surface area contributed by atoms with Crippen LogP contribution in [0.2, 0.25) is 0 Å². The van der Waals surface area contributed by atoms with Crippen LogP contribution in [-0.4, -0.2) is 63.9 Å². The Labute approximate surface area is 111 Å². The molecule has 0 rings (SSSR count). The van der Waals surface area contributed by atoms with E-state index in [1.165, 1.54) is 0 Å². The molecule has 1 amide bonds. The normalized spacial score (nSPS) is 10.6. The highest BCUT2D eigenvalue weighted by Gasteiger charge is 2.12. The van der Waals surface area contributed by atoms with E-state index in [9.17, 15) is 4.79 Å². The van der Waals surface area contributed by atoms with Crippen molar-refractivity contribution in [2.75, 3.05) is 53.1 Å². The van der Waals surface area contributed by atoms with Crippen LogP contribution in [0.15, 0.2) is 0 Å². The summed E-state index contributed by atoms with van der Waals surface area (Å²) in [6, 6.07) is 0. The Bertz CT molecular complexity index is 191. The van der Waals surface area contributed by atoms with Gasteiger partial charge in [-0.2, -0.15) is 0 Å². The molecule has 108 valence electrons. The van der Waals surface area contributed by atoms with Crippen LogP contribution in [0, 0.1) is 0 Å². The molecule has 0 bridgehead atoms. The third-order valence-corrected chi connectivity index (χ3v) is 2.59. The minimum atomic E-state index is 0.185. The standard InChI is InChI=1S/C13H28N2O3/c1-4-17-11-9-15(10-12-18-5-2)13(16)7-6-8-14-3/h14H,4-12H2,1-3H3. The second kappa shape index (κ2) is 12.8. The van der Waals surface area contributed by atoms with Gasteiger partial charge in [-0.15, -0.1) is 0 Å². The van der Waals surface area contributed by atoms with Gasteiger partial charge < -0.3 is 19.7 Å². The number of nitrogens with one attached hydrogen (secondary N) is 1. The molecule has 0 unspecified atom stereocenters. The van der Waals surface area contributed by atoms with Gasteiger partial charge in [0, 0.05) is 32.7 Å². The molecular formula is C13H28N2O3. The number of hydrogen-bond donors (Lipinski definition) is 1. The van der Waals surface area contributed by atoms with Crippen molar-refractivity contribution in [2.24, 2.45) is 0 Å². The maximum absolute atomic E-state index is 12.0. The summed E-state index contributed by atoms with van der Waals surface area (Å²) < 4.78 is 10.6. The number of hydrogen-bond acceptors (Lipinski definition) is 4. The highest BCUT2D eigenvalue weighted by molar-refractivity contribution is 5.76. The number of rotatable bonds is 12. The smallest absolute Gasteiger partial charge is 0.222 e. The van der Waals surface area contributed by atoms with E-state index in [0.29, 0.717) is 45.9 Å². The van der Waals surface area contributed by atoms with Crippen molar-refractivity contribution in [2.45, 2.75) is 26.7 Å². The molecule has 0 saturated carbocycles. The Morgan fingerprint density at radius 2 is 1.67 bits per heavy atom. The maximum Gasteiger partial charge on any atom is 0.222 e. The highest BCUT2D eigenvalue weighted by Crippen LogP contribution is 1.98. The van der Waals surface area contributed by atoms with Gasteiger partial charge in [0.05, 0.1) is 13.2 Å². The molecule has 0 aliphatic rings. The number of nitrogens with zero attached hydrogens (tertiary/aromatic N) is 1. The molecule has 0 aliphatic heterocycles. The van der Waals surface area contributed by atoms with Crippen LogP contribution >= 0.6 is 0 Å². The van der Waals surface area contributed by atoms with Gasteiger partial charge in [-0.3, -0.25) is 4.79 Å². The predicted octanol–water partition coefficient (Wildman–Crippen LogP) is 0.888. The average Bonchev–Trinajstić information content (AvgIpc) is 2.37. The van der Waals surface area contributed by atoms with Crippen molar-refractivity contribution in [3.8, 4) is 0 Å². The van der Waals surface area contributed by atoms with Crippen molar-refractivity contribution >= 4 is 5.91 Å². The topological polar surface area (TPSA) is 50.8 Å². The van der Waals surface area contributed by atoms with Gasteiger partial charge in [-0.05, 0) is 33.9 Å². The zero-order valence-electron chi connectivity index (χ0n) is 12.0. The molecule has 18 heavy (non-hydrogen) atoms.